The number of benzene rings is 1. The Kier molecular flexibility index (Phi) is 18.4. The van der Waals surface area contributed by atoms with Crippen molar-refractivity contribution in [2.75, 3.05) is 26.9 Å². The summed E-state index contributed by atoms with van der Waals surface area (Å²) in [6.07, 6.45) is 2.82. The molecule has 0 saturated heterocycles. The molecule has 0 radical (unpaired) electrons. The van der Waals surface area contributed by atoms with Gasteiger partial charge in [-0.2, -0.15) is 0 Å². The number of esters is 1. The van der Waals surface area contributed by atoms with Crippen molar-refractivity contribution in [3.05, 3.63) is 35.9 Å². The molecular formula is C32H52N6O9. The number of hydrogen-bond acceptors (Lipinski definition) is 11. The molecule has 0 aliphatic heterocycles. The minimum absolute atomic E-state index is 0.0178. The van der Waals surface area contributed by atoms with Gasteiger partial charge in [-0.3, -0.25) is 28.9 Å². The molecule has 264 valence electrons. The molecule has 5 amide bonds. The Morgan fingerprint density at radius 3 is 1.98 bits per heavy atom. The molecular weight excluding hydrogens is 612 g/mol. The number of aliphatic hydroxyl groups is 2. The van der Waals surface area contributed by atoms with Crippen LogP contribution in [-0.4, -0.2) is 108 Å². The van der Waals surface area contributed by atoms with E-state index in [0.717, 1.165) is 24.9 Å². The minimum atomic E-state index is -1.48. The molecule has 9 N–H and O–H groups in total. The van der Waals surface area contributed by atoms with Gasteiger partial charge in [0.25, 0.3) is 0 Å². The topological polar surface area (TPSA) is 243 Å². The molecule has 1 aromatic rings. The van der Waals surface area contributed by atoms with Crippen molar-refractivity contribution < 1.29 is 43.7 Å². The summed E-state index contributed by atoms with van der Waals surface area (Å²) in [6, 6.07) is 3.78. The third-order valence-corrected chi connectivity index (χ3v) is 7.66. The Bertz CT molecular complexity index is 1180. The lowest BCUT2D eigenvalue weighted by atomic mass is 9.95. The molecule has 0 aliphatic rings. The van der Waals surface area contributed by atoms with Gasteiger partial charge in [-0.05, 0) is 44.6 Å². The quantitative estimate of drug-likeness (QED) is 0.0640. The van der Waals surface area contributed by atoms with Crippen LogP contribution in [-0.2, 0) is 39.9 Å². The number of aliphatic hydroxyl groups excluding tert-OH is 2. The zero-order valence-corrected chi connectivity index (χ0v) is 27.9. The first-order chi connectivity index (χ1) is 22.2. The highest BCUT2D eigenvalue weighted by molar-refractivity contribution is 6.01. The van der Waals surface area contributed by atoms with Gasteiger partial charge in [0.15, 0.2) is 0 Å². The third-order valence-electron chi connectivity index (χ3n) is 7.66. The fraction of sp³-hybridized carbons (Fsp3) is 0.625. The summed E-state index contributed by atoms with van der Waals surface area (Å²) in [6.45, 7) is 4.51. The molecule has 0 saturated carbocycles. The standard InChI is InChI=1S/C32H52N6O9/c1-19(2)27(32(46)47-5)38(25(41)15-11-7-10-14-22-12-8-6-9-13-22)31(45)26(34)23(17-39)16-35-28(42)20(3)36-29(43)21(4)37-30(44)24(33)18-40/h6,8-9,12-13,19-21,23-24,26-27,39-40H,7,10-11,14-18,33-34H2,1-5H3,(H,35,42)(H,36,43)(H,37,44)/t20-,21-,23?,24-,26?,27?/m0/s1. The monoisotopic (exact) mass is 664 g/mol. The summed E-state index contributed by atoms with van der Waals surface area (Å²) in [5.74, 6) is -5.99. The lowest BCUT2D eigenvalue weighted by molar-refractivity contribution is -0.163. The van der Waals surface area contributed by atoms with Gasteiger partial charge in [0, 0.05) is 25.5 Å². The van der Waals surface area contributed by atoms with Gasteiger partial charge in [0.05, 0.1) is 19.8 Å². The summed E-state index contributed by atoms with van der Waals surface area (Å²) < 4.78 is 4.90. The summed E-state index contributed by atoms with van der Waals surface area (Å²) in [7, 11) is 1.15. The van der Waals surface area contributed by atoms with Crippen LogP contribution in [0.15, 0.2) is 30.3 Å². The van der Waals surface area contributed by atoms with E-state index in [2.05, 4.69) is 16.0 Å². The van der Waals surface area contributed by atoms with E-state index in [-0.39, 0.29) is 13.0 Å². The van der Waals surface area contributed by atoms with Crippen LogP contribution in [0.3, 0.4) is 0 Å². The number of carbonyl (C=O) groups is 6. The van der Waals surface area contributed by atoms with Gasteiger partial charge < -0.3 is 42.4 Å². The first kappa shape index (κ1) is 41.1. The number of rotatable bonds is 20. The molecule has 0 heterocycles. The number of amides is 5. The molecule has 3 unspecified atom stereocenters. The van der Waals surface area contributed by atoms with Crippen molar-refractivity contribution in [2.24, 2.45) is 23.3 Å². The van der Waals surface area contributed by atoms with Crippen molar-refractivity contribution >= 4 is 35.5 Å². The lowest BCUT2D eigenvalue weighted by Gasteiger charge is -2.34. The molecule has 15 nitrogen and oxygen atoms in total. The number of ether oxygens (including phenoxy) is 1. The van der Waals surface area contributed by atoms with Crippen LogP contribution in [0.2, 0.25) is 0 Å². The van der Waals surface area contributed by atoms with Gasteiger partial charge in [0.2, 0.25) is 29.5 Å². The average molecular weight is 665 g/mol. The fourth-order valence-corrected chi connectivity index (χ4v) is 4.68. The van der Waals surface area contributed by atoms with Crippen LogP contribution < -0.4 is 27.4 Å². The van der Waals surface area contributed by atoms with Gasteiger partial charge in [-0.25, -0.2) is 4.79 Å². The second-order valence-corrected chi connectivity index (χ2v) is 11.8. The van der Waals surface area contributed by atoms with E-state index in [1.807, 2.05) is 30.3 Å². The molecule has 0 spiro atoms. The second kappa shape index (κ2) is 21.1. The third kappa shape index (κ3) is 13.4. The minimum Gasteiger partial charge on any atom is -0.467 e. The van der Waals surface area contributed by atoms with E-state index < -0.39 is 90.8 Å². The molecule has 0 bridgehead atoms. The van der Waals surface area contributed by atoms with Crippen molar-refractivity contribution in [1.82, 2.24) is 20.9 Å². The average Bonchev–Trinajstić information content (AvgIpc) is 3.05. The molecule has 1 rings (SSSR count). The SMILES string of the molecule is COC(=O)C(C(C)C)N(C(=O)CCCCCc1ccccc1)C(=O)C(N)C(CO)CNC(=O)[C@H](C)NC(=O)[C@H](C)NC(=O)[C@@H](N)CO. The van der Waals surface area contributed by atoms with Gasteiger partial charge in [0.1, 0.15) is 24.2 Å². The highest BCUT2D eigenvalue weighted by Gasteiger charge is 2.41. The van der Waals surface area contributed by atoms with Crippen LogP contribution in [0.5, 0.6) is 0 Å². The fourth-order valence-electron chi connectivity index (χ4n) is 4.68. The molecule has 0 fully saturated rings. The lowest BCUT2D eigenvalue weighted by Crippen LogP contribution is -2.59. The van der Waals surface area contributed by atoms with Crippen LogP contribution in [0, 0.1) is 11.8 Å². The Morgan fingerprint density at radius 2 is 1.43 bits per heavy atom. The van der Waals surface area contributed by atoms with E-state index >= 15 is 0 Å². The van der Waals surface area contributed by atoms with E-state index in [1.165, 1.54) is 19.4 Å². The first-order valence-corrected chi connectivity index (χ1v) is 15.8. The van der Waals surface area contributed by atoms with E-state index in [0.29, 0.717) is 12.8 Å². The van der Waals surface area contributed by atoms with Crippen LogP contribution in [0.1, 0.15) is 58.9 Å². The number of aryl methyl sites for hydroxylation is 1. The Balaban J connectivity index is 2.91. The Morgan fingerprint density at radius 1 is 0.830 bits per heavy atom. The summed E-state index contributed by atoms with van der Waals surface area (Å²) in [4.78, 5) is 77.7. The van der Waals surface area contributed by atoms with Gasteiger partial charge in [-0.1, -0.05) is 50.6 Å². The van der Waals surface area contributed by atoms with Crippen LogP contribution in [0.4, 0.5) is 0 Å². The molecule has 0 aliphatic carbocycles. The Hall–Kier alpha value is -3.92. The van der Waals surface area contributed by atoms with Crippen molar-refractivity contribution in [2.45, 2.75) is 90.0 Å². The van der Waals surface area contributed by atoms with E-state index in [4.69, 9.17) is 21.3 Å². The number of nitrogens with zero attached hydrogens (tertiary/aromatic N) is 1. The number of methoxy groups -OCH3 is 1. The maximum atomic E-state index is 13.7. The summed E-state index contributed by atoms with van der Waals surface area (Å²) in [5, 5.41) is 26.3. The Labute approximate surface area is 276 Å². The van der Waals surface area contributed by atoms with Crippen molar-refractivity contribution in [3.63, 3.8) is 0 Å². The van der Waals surface area contributed by atoms with Gasteiger partial charge >= 0.3 is 5.97 Å². The molecule has 15 heteroatoms. The summed E-state index contributed by atoms with van der Waals surface area (Å²) in [5.41, 5.74) is 12.8. The summed E-state index contributed by atoms with van der Waals surface area (Å²) >= 11 is 0. The molecule has 0 aromatic heterocycles. The zero-order chi connectivity index (χ0) is 35.7. The van der Waals surface area contributed by atoms with E-state index in [1.54, 1.807) is 13.8 Å². The maximum absolute atomic E-state index is 13.7. The first-order valence-electron chi connectivity index (χ1n) is 15.8. The molecule has 1 aromatic carbocycles. The predicted octanol–water partition coefficient (Wildman–Crippen LogP) is -1.28. The predicted molar refractivity (Wildman–Crippen MR) is 173 cm³/mol. The molecule has 6 atom stereocenters. The van der Waals surface area contributed by atoms with Crippen molar-refractivity contribution in [1.29, 1.82) is 0 Å². The van der Waals surface area contributed by atoms with Gasteiger partial charge in [-0.15, -0.1) is 0 Å². The number of unbranched alkanes of at least 4 members (excludes halogenated alkanes) is 2. The number of nitrogens with one attached hydrogen (secondary N) is 3. The second-order valence-electron chi connectivity index (χ2n) is 11.8. The highest BCUT2D eigenvalue weighted by Crippen LogP contribution is 2.19. The number of hydrogen-bond donors (Lipinski definition) is 7. The molecule has 47 heavy (non-hydrogen) atoms. The number of carbonyl (C=O) groups excluding carboxylic acids is 6. The highest BCUT2D eigenvalue weighted by atomic mass is 16.5. The van der Waals surface area contributed by atoms with Crippen LogP contribution in [0.25, 0.3) is 0 Å². The van der Waals surface area contributed by atoms with Crippen molar-refractivity contribution in [3.8, 4) is 0 Å². The van der Waals surface area contributed by atoms with Crippen LogP contribution >= 0.6 is 0 Å². The zero-order valence-electron chi connectivity index (χ0n) is 27.9. The van der Waals surface area contributed by atoms with E-state index in [9.17, 15) is 33.9 Å². The number of imide groups is 1. The maximum Gasteiger partial charge on any atom is 0.329 e. The number of nitrogens with two attached hydrogens (primary N) is 2. The normalized spacial score (nSPS) is 14.9. The smallest absolute Gasteiger partial charge is 0.329 e. The largest absolute Gasteiger partial charge is 0.467 e.